The molecule has 34 nitrogen and oxygen atoms in total. The lowest BCUT2D eigenvalue weighted by molar-refractivity contribution is 0.288. The molecule has 15 N–H and O–H groups in total. The molecule has 0 unspecified atom stereocenters. The largest absolute Gasteiger partial charge is 0.505 e. The van der Waals surface area contributed by atoms with Crippen molar-refractivity contribution < 1.29 is 23.4 Å². The Labute approximate surface area is 615 Å². The molecule has 18 aromatic rings. The van der Waals surface area contributed by atoms with Gasteiger partial charge in [-0.2, -0.15) is 35.7 Å². The maximum absolute atomic E-state index is 13.7. The third kappa shape index (κ3) is 14.6. The number of aromatic hydroxyl groups is 1. The predicted octanol–water partition coefficient (Wildman–Crippen LogP) is 8.55. The average molecular weight is 1470 g/mol. The van der Waals surface area contributed by atoms with Crippen LogP contribution >= 0.6 is 0 Å². The van der Waals surface area contributed by atoms with E-state index in [1.807, 2.05) is 57.5 Å². The fourth-order valence-corrected chi connectivity index (χ4v) is 12.1. The molecule has 109 heavy (non-hydrogen) atoms. The number of aliphatic hydroxyl groups is 1. The van der Waals surface area contributed by atoms with Crippen molar-refractivity contribution >= 4 is 112 Å². The number of aromatic amines is 1. The fourth-order valence-electron chi connectivity index (χ4n) is 12.1. The second-order valence-electron chi connectivity index (χ2n) is 24.7. The highest BCUT2D eigenvalue weighted by Gasteiger charge is 2.22. The molecule has 13 aromatic heterocycles. The van der Waals surface area contributed by atoms with Crippen LogP contribution in [0.1, 0.15) is 23.2 Å². The van der Waals surface area contributed by atoms with Crippen molar-refractivity contribution in [2.24, 2.45) is 42.3 Å². The number of phenolic OH excluding ortho intramolecular Hbond substituents is 1. The van der Waals surface area contributed by atoms with E-state index >= 15 is 0 Å². The molecule has 0 atom stereocenters. The van der Waals surface area contributed by atoms with Gasteiger partial charge in [0.1, 0.15) is 113 Å². The maximum atomic E-state index is 13.7. The van der Waals surface area contributed by atoms with Gasteiger partial charge in [0, 0.05) is 82.1 Å². The first-order chi connectivity index (χ1) is 52.5. The van der Waals surface area contributed by atoms with Crippen molar-refractivity contribution in [3.8, 4) is 62.0 Å². The summed E-state index contributed by atoms with van der Waals surface area (Å²) in [6.07, 6.45) is 11.6. The molecule has 0 bridgehead atoms. The van der Waals surface area contributed by atoms with E-state index in [1.165, 1.54) is 79.9 Å². The third-order valence-corrected chi connectivity index (χ3v) is 17.3. The summed E-state index contributed by atoms with van der Waals surface area (Å²) in [5, 5.41) is 56.8. The maximum Gasteiger partial charge on any atom is 0.164 e. The number of aryl methyl sites for hydroxylation is 9. The summed E-state index contributed by atoms with van der Waals surface area (Å²) in [5.74, 6) is 0.597. The summed E-state index contributed by atoms with van der Waals surface area (Å²) in [7, 11) is 10.8. The zero-order valence-corrected chi connectivity index (χ0v) is 59.7. The number of hydrogen-bond donors (Lipinski definition) is 9. The Morgan fingerprint density at radius 1 is 0.385 bits per heavy atom. The first-order valence-corrected chi connectivity index (χ1v) is 33.2. The zero-order chi connectivity index (χ0) is 77.1. The van der Waals surface area contributed by atoms with Crippen molar-refractivity contribution in [3.05, 3.63) is 182 Å². The minimum absolute atomic E-state index is 0.145. The molecule has 550 valence electrons. The average Bonchev–Trinajstić information content (AvgIpc) is 1.61. The highest BCUT2D eigenvalue weighted by atomic mass is 19.1. The van der Waals surface area contributed by atoms with Gasteiger partial charge in [-0.05, 0) is 80.8 Å². The van der Waals surface area contributed by atoms with Gasteiger partial charge in [0.25, 0.3) is 0 Å². The Kier molecular flexibility index (Phi) is 20.3. The van der Waals surface area contributed by atoms with Crippen LogP contribution in [0, 0.1) is 31.3 Å². The minimum Gasteiger partial charge on any atom is -0.505 e. The Morgan fingerprint density at radius 3 is 1.17 bits per heavy atom. The number of phenols is 1. The molecule has 0 fully saturated rings. The van der Waals surface area contributed by atoms with Crippen LogP contribution in [0.2, 0.25) is 0 Å². The SMILES string of the molecule is Cc1ccc(-c2nn(C)c3ncnc(N)c23)cc1F.Cc1cccc(-c2nn(C)c3ncnc(N)c23)c1.Cn1nc(-c2ccc(F)c(O)c2)c2c(N)ncnc21.Cn1nc(-c2ccc3cn[nH]c3c2)c2c(N)ncnc21.Cn1nc(-c2cccc(F)c2)c2c(N)ncnc21.Cn1nc(CCCO)c2c(N)ncnc21. The number of fused-ring (bicyclic) bond motifs is 7. The molecule has 0 aliphatic carbocycles. The van der Waals surface area contributed by atoms with E-state index in [9.17, 15) is 18.3 Å². The summed E-state index contributed by atoms with van der Waals surface area (Å²) in [6, 6.07) is 29.3. The molecule has 13 heterocycles. The van der Waals surface area contributed by atoms with Gasteiger partial charge in [-0.15, -0.1) is 0 Å². The minimum atomic E-state index is -0.687. The number of halogens is 3. The van der Waals surface area contributed by atoms with Crippen LogP contribution in [-0.4, -0.2) is 146 Å². The number of nitrogens with zero attached hydrogens (tertiary/aromatic N) is 25. The molecule has 18 rings (SSSR count). The van der Waals surface area contributed by atoms with Gasteiger partial charge in [0.2, 0.25) is 0 Å². The van der Waals surface area contributed by atoms with Gasteiger partial charge in [-0.3, -0.25) is 9.78 Å². The van der Waals surface area contributed by atoms with Gasteiger partial charge in [0.15, 0.2) is 45.4 Å². The number of nitrogen functional groups attached to an aromatic ring is 6. The Bertz CT molecular complexity index is 6160. The van der Waals surface area contributed by atoms with Crippen molar-refractivity contribution in [2.75, 3.05) is 41.0 Å². The monoisotopic (exact) mass is 1470 g/mol. The number of nitrogens with two attached hydrogens (primary N) is 6. The Morgan fingerprint density at radius 2 is 0.752 bits per heavy atom. The molecule has 0 spiro atoms. The number of nitrogens with one attached hydrogen (secondary N) is 1. The number of aromatic nitrogens is 26. The van der Waals surface area contributed by atoms with E-state index in [2.05, 4.69) is 120 Å². The molecule has 0 aliphatic heterocycles. The van der Waals surface area contributed by atoms with E-state index < -0.39 is 11.6 Å². The molecule has 0 amide bonds. The number of benzene rings is 5. The second kappa shape index (κ2) is 30.5. The Balaban J connectivity index is 0.000000115. The van der Waals surface area contributed by atoms with Crippen molar-refractivity contribution in [2.45, 2.75) is 26.7 Å². The molecule has 0 saturated carbocycles. The summed E-state index contributed by atoms with van der Waals surface area (Å²) >= 11 is 0. The predicted molar refractivity (Wildman–Crippen MR) is 408 cm³/mol. The van der Waals surface area contributed by atoms with E-state index in [0.29, 0.717) is 114 Å². The topological polar surface area (TPSA) is 487 Å². The van der Waals surface area contributed by atoms with E-state index in [4.69, 9.17) is 39.5 Å². The zero-order valence-electron chi connectivity index (χ0n) is 59.7. The lowest BCUT2D eigenvalue weighted by Gasteiger charge is -2.01. The molecule has 0 radical (unpaired) electrons. The van der Waals surface area contributed by atoms with Gasteiger partial charge >= 0.3 is 0 Å². The third-order valence-electron chi connectivity index (χ3n) is 17.3. The highest BCUT2D eigenvalue weighted by molar-refractivity contribution is 6.02. The van der Waals surface area contributed by atoms with Crippen molar-refractivity contribution in [3.63, 3.8) is 0 Å². The molecular weight excluding hydrogens is 1400 g/mol. The molecule has 0 aliphatic rings. The number of rotatable bonds is 8. The van der Waals surface area contributed by atoms with E-state index in [1.54, 1.807) is 80.6 Å². The normalized spacial score (nSPS) is 11.1. The second-order valence-corrected chi connectivity index (χ2v) is 24.7. The first-order valence-electron chi connectivity index (χ1n) is 33.2. The molecule has 0 saturated heterocycles. The van der Waals surface area contributed by atoms with Crippen LogP contribution in [0.3, 0.4) is 0 Å². The smallest absolute Gasteiger partial charge is 0.164 e. The molecule has 37 heteroatoms. The number of H-pyrrole nitrogens is 1. The van der Waals surface area contributed by atoms with Gasteiger partial charge in [-0.1, -0.05) is 60.2 Å². The molecule has 5 aromatic carbocycles. The summed E-state index contributed by atoms with van der Waals surface area (Å²) < 4.78 is 49.9. The van der Waals surface area contributed by atoms with Crippen molar-refractivity contribution in [1.82, 2.24) is 129 Å². The van der Waals surface area contributed by atoms with Crippen LogP contribution in [0.4, 0.5) is 48.1 Å². The summed E-state index contributed by atoms with van der Waals surface area (Å²) in [6.45, 7) is 3.91. The lowest BCUT2D eigenvalue weighted by Crippen LogP contribution is -1.95. The van der Waals surface area contributed by atoms with Gasteiger partial charge < -0.3 is 44.6 Å². The van der Waals surface area contributed by atoms with Crippen LogP contribution < -0.4 is 34.4 Å². The van der Waals surface area contributed by atoms with Crippen LogP contribution in [0.25, 0.3) is 133 Å². The highest BCUT2D eigenvalue weighted by Crippen LogP contribution is 2.36. The number of anilines is 6. The Hall–Kier alpha value is -14.8. The standard InChI is InChI=1S/C13H12FN5.C13H11N7.C13H13N5.C12H10FN5O.C12H10FN5.C9H13N5O/c1-7-3-4-8(5-9(7)14)11-10-12(15)16-6-17-13(10)19(2)18-11;1-20-13-10(12(14)15-6-16-13)11(19-20)7-2-3-8-5-17-18-9(8)4-7;1-8-4-3-5-9(6-8)11-10-12(14)15-7-16-13(10)18(2)17-11;1-18-12-9(11(14)15-5-16-12)10(17-18)6-2-3-7(13)8(19)4-6;1-18-12-9(11(14)15-6-16-12)10(17-18)7-3-2-4-8(13)5-7;1-14-9-7(8(10)11-5-12-9)6(13-14)3-2-4-15/h3-6H,1-2H3,(H2,15,16,17);2-6H,1H3,(H,17,18)(H2,14,15,16);3-7H,1-2H3,(H2,14,15,16);2-5,19H,1H3,(H2,14,15,16);2-6H,1H3,(H2,14,15,16);5,15H,2-4H2,1H3,(H2,10,11,12). The number of hydrogen-bond acceptors (Lipinski definition) is 27. The van der Waals surface area contributed by atoms with Crippen molar-refractivity contribution in [1.29, 1.82) is 0 Å². The van der Waals surface area contributed by atoms with Gasteiger partial charge in [0.05, 0.1) is 49.7 Å². The van der Waals surface area contributed by atoms with E-state index in [-0.39, 0.29) is 24.1 Å². The van der Waals surface area contributed by atoms with Crippen LogP contribution in [0.15, 0.2) is 147 Å². The van der Waals surface area contributed by atoms with Crippen LogP contribution in [-0.2, 0) is 48.7 Å². The fraction of sp³-hybridized carbons (Fsp3) is 0.153. The summed E-state index contributed by atoms with van der Waals surface area (Å²) in [4.78, 5) is 48.8. The van der Waals surface area contributed by atoms with Crippen LogP contribution in [0.5, 0.6) is 5.75 Å². The molecular formula is C72H69F3N32O2. The van der Waals surface area contributed by atoms with Gasteiger partial charge in [-0.25, -0.2) is 96.4 Å². The first kappa shape index (κ1) is 72.6. The lowest BCUT2D eigenvalue weighted by atomic mass is 10.1. The summed E-state index contributed by atoms with van der Waals surface area (Å²) in [5.41, 5.74) is 50.0. The van der Waals surface area contributed by atoms with E-state index in [0.717, 1.165) is 72.2 Å². The number of aliphatic hydroxyl groups excluding tert-OH is 1. The quantitative estimate of drug-likeness (QED) is 0.0687.